The van der Waals surface area contributed by atoms with Gasteiger partial charge in [0.1, 0.15) is 0 Å². The van der Waals surface area contributed by atoms with E-state index in [4.69, 9.17) is 9.47 Å². The lowest BCUT2D eigenvalue weighted by Gasteiger charge is -2.41. The molecule has 2 fully saturated rings. The number of ether oxygens (including phenoxy) is 2. The molecule has 2 aliphatic heterocycles. The van der Waals surface area contributed by atoms with Crippen LogP contribution in [-0.2, 0) is 9.47 Å². The second-order valence-corrected chi connectivity index (χ2v) is 5.82. The molecule has 2 rings (SSSR count). The molecular weight excluding hydrogens is 202 g/mol. The van der Waals surface area contributed by atoms with Crippen LogP contribution in [-0.4, -0.2) is 42.5 Å². The van der Waals surface area contributed by atoms with Crippen LogP contribution < -0.4 is 0 Å². The normalized spacial score (nSPS) is 36.2. The van der Waals surface area contributed by atoms with Gasteiger partial charge in [0.15, 0.2) is 6.29 Å². The Morgan fingerprint density at radius 1 is 1.19 bits per heavy atom. The first kappa shape index (κ1) is 12.3. The van der Waals surface area contributed by atoms with Gasteiger partial charge in [-0.15, -0.1) is 0 Å². The van der Waals surface area contributed by atoms with Crippen LogP contribution in [0.1, 0.15) is 46.5 Å². The van der Waals surface area contributed by atoms with Crippen LogP contribution in [0.15, 0.2) is 0 Å². The highest BCUT2D eigenvalue weighted by molar-refractivity contribution is 4.79. The predicted molar refractivity (Wildman–Crippen MR) is 64.4 cm³/mol. The number of nitrogens with zero attached hydrogens (tertiary/aromatic N) is 1. The average molecular weight is 227 g/mol. The molecular formula is C13H25NO2. The van der Waals surface area contributed by atoms with Crippen molar-refractivity contribution < 1.29 is 9.47 Å². The Kier molecular flexibility index (Phi) is 3.88. The maximum Gasteiger partial charge on any atom is 0.171 e. The Balaban J connectivity index is 1.84. The molecule has 0 radical (unpaired) electrons. The lowest BCUT2D eigenvalue weighted by Crippen LogP contribution is -2.48. The molecule has 0 amide bonds. The third kappa shape index (κ3) is 3.44. The molecule has 0 bridgehead atoms. The maximum atomic E-state index is 5.98. The van der Waals surface area contributed by atoms with Gasteiger partial charge < -0.3 is 9.47 Å². The van der Waals surface area contributed by atoms with E-state index in [0.717, 1.165) is 13.0 Å². The van der Waals surface area contributed by atoms with Crippen molar-refractivity contribution in [2.24, 2.45) is 0 Å². The summed E-state index contributed by atoms with van der Waals surface area (Å²) >= 11 is 0. The maximum absolute atomic E-state index is 5.98. The van der Waals surface area contributed by atoms with Crippen molar-refractivity contribution in [3.8, 4) is 0 Å². The van der Waals surface area contributed by atoms with Crippen LogP contribution in [0, 0.1) is 0 Å². The van der Waals surface area contributed by atoms with E-state index in [0.29, 0.717) is 6.10 Å². The van der Waals surface area contributed by atoms with E-state index in [1.165, 1.54) is 32.4 Å². The zero-order valence-corrected chi connectivity index (χ0v) is 10.9. The molecule has 2 saturated heterocycles. The molecule has 0 N–H and O–H groups in total. The molecule has 2 heterocycles. The van der Waals surface area contributed by atoms with Crippen molar-refractivity contribution in [2.75, 3.05) is 19.6 Å². The molecule has 0 aromatic heterocycles. The summed E-state index contributed by atoms with van der Waals surface area (Å²) in [6.45, 7) is 9.82. The smallest absolute Gasteiger partial charge is 0.171 e. The molecule has 3 nitrogen and oxygen atoms in total. The fraction of sp³-hybridized carbons (Fsp3) is 1.00. The zero-order valence-electron chi connectivity index (χ0n) is 10.9. The molecule has 94 valence electrons. The van der Waals surface area contributed by atoms with E-state index < -0.39 is 0 Å². The highest BCUT2D eigenvalue weighted by Gasteiger charge is 2.34. The molecule has 0 aromatic rings. The summed E-state index contributed by atoms with van der Waals surface area (Å²) < 4.78 is 11.8. The summed E-state index contributed by atoms with van der Waals surface area (Å²) in [5.41, 5.74) is -0.0296. The van der Waals surface area contributed by atoms with E-state index in [1.807, 2.05) is 0 Å². The number of likely N-dealkylation sites (tertiary alicyclic amines) is 1. The highest BCUT2D eigenvalue weighted by Crippen LogP contribution is 2.28. The quantitative estimate of drug-likeness (QED) is 0.723. The van der Waals surface area contributed by atoms with Gasteiger partial charge in [-0.05, 0) is 46.7 Å². The SMILES string of the molecule is C[C@@H]1CC(C)(C)O[C@@H](CN2CCCCC2)O1. The largest absolute Gasteiger partial charge is 0.348 e. The standard InChI is InChI=1S/C13H25NO2/c1-11-9-13(2,3)16-12(15-11)10-14-7-5-4-6-8-14/h11-12H,4-10H2,1-3H3/t11-,12+/m1/s1. The van der Waals surface area contributed by atoms with E-state index in [1.54, 1.807) is 0 Å². The summed E-state index contributed by atoms with van der Waals surface area (Å²) in [6, 6.07) is 0. The van der Waals surface area contributed by atoms with Gasteiger partial charge in [0, 0.05) is 13.0 Å². The lowest BCUT2D eigenvalue weighted by molar-refractivity contribution is -0.272. The van der Waals surface area contributed by atoms with Crippen LogP contribution in [0.5, 0.6) is 0 Å². The lowest BCUT2D eigenvalue weighted by atomic mass is 10.00. The van der Waals surface area contributed by atoms with Crippen molar-refractivity contribution in [2.45, 2.75) is 64.4 Å². The van der Waals surface area contributed by atoms with Crippen molar-refractivity contribution in [1.82, 2.24) is 4.90 Å². The van der Waals surface area contributed by atoms with E-state index in [-0.39, 0.29) is 11.9 Å². The van der Waals surface area contributed by atoms with Gasteiger partial charge in [-0.1, -0.05) is 6.42 Å². The highest BCUT2D eigenvalue weighted by atomic mass is 16.7. The van der Waals surface area contributed by atoms with Gasteiger partial charge >= 0.3 is 0 Å². The van der Waals surface area contributed by atoms with Gasteiger partial charge in [-0.25, -0.2) is 0 Å². The third-order valence-corrected chi connectivity index (χ3v) is 3.47. The summed E-state index contributed by atoms with van der Waals surface area (Å²) in [5.74, 6) is 0. The summed E-state index contributed by atoms with van der Waals surface area (Å²) in [7, 11) is 0. The minimum atomic E-state index is -0.0307. The fourth-order valence-electron chi connectivity index (χ4n) is 2.86. The Morgan fingerprint density at radius 3 is 2.50 bits per heavy atom. The van der Waals surface area contributed by atoms with Gasteiger partial charge in [0.2, 0.25) is 0 Å². The van der Waals surface area contributed by atoms with Crippen molar-refractivity contribution in [1.29, 1.82) is 0 Å². The van der Waals surface area contributed by atoms with Crippen molar-refractivity contribution >= 4 is 0 Å². The van der Waals surface area contributed by atoms with Crippen LogP contribution in [0.25, 0.3) is 0 Å². The minimum absolute atomic E-state index is 0.0296. The Morgan fingerprint density at radius 2 is 1.88 bits per heavy atom. The third-order valence-electron chi connectivity index (χ3n) is 3.47. The summed E-state index contributed by atoms with van der Waals surface area (Å²) in [6.07, 6.45) is 5.31. The topological polar surface area (TPSA) is 21.7 Å². The summed E-state index contributed by atoms with van der Waals surface area (Å²) in [4.78, 5) is 2.47. The summed E-state index contributed by atoms with van der Waals surface area (Å²) in [5, 5.41) is 0. The molecule has 16 heavy (non-hydrogen) atoms. The average Bonchev–Trinajstić information content (AvgIpc) is 2.15. The molecule has 0 unspecified atom stereocenters. The van der Waals surface area contributed by atoms with Crippen molar-refractivity contribution in [3.63, 3.8) is 0 Å². The molecule has 0 aliphatic carbocycles. The molecule has 3 heteroatoms. The Hall–Kier alpha value is -0.120. The first-order chi connectivity index (χ1) is 7.55. The number of hydrogen-bond acceptors (Lipinski definition) is 3. The van der Waals surface area contributed by atoms with Gasteiger partial charge in [0.25, 0.3) is 0 Å². The van der Waals surface area contributed by atoms with Gasteiger partial charge in [-0.3, -0.25) is 4.90 Å². The molecule has 2 aliphatic rings. The molecule has 2 atom stereocenters. The van der Waals surface area contributed by atoms with Crippen LogP contribution in [0.4, 0.5) is 0 Å². The van der Waals surface area contributed by atoms with E-state index in [2.05, 4.69) is 25.7 Å². The van der Waals surface area contributed by atoms with E-state index in [9.17, 15) is 0 Å². The van der Waals surface area contributed by atoms with Crippen LogP contribution in [0.2, 0.25) is 0 Å². The minimum Gasteiger partial charge on any atom is -0.348 e. The van der Waals surface area contributed by atoms with Crippen LogP contribution in [0.3, 0.4) is 0 Å². The Labute approximate surface area is 99.1 Å². The Bertz CT molecular complexity index is 224. The van der Waals surface area contributed by atoms with Gasteiger partial charge in [0.05, 0.1) is 11.7 Å². The predicted octanol–water partition coefficient (Wildman–Crippen LogP) is 2.40. The van der Waals surface area contributed by atoms with Crippen molar-refractivity contribution in [3.05, 3.63) is 0 Å². The number of piperidine rings is 1. The first-order valence-corrected chi connectivity index (χ1v) is 6.61. The number of rotatable bonds is 2. The zero-order chi connectivity index (χ0) is 11.6. The first-order valence-electron chi connectivity index (χ1n) is 6.61. The second-order valence-electron chi connectivity index (χ2n) is 5.82. The molecule has 0 spiro atoms. The fourth-order valence-corrected chi connectivity index (χ4v) is 2.86. The monoisotopic (exact) mass is 227 g/mol. The van der Waals surface area contributed by atoms with Crippen LogP contribution >= 0.6 is 0 Å². The van der Waals surface area contributed by atoms with E-state index >= 15 is 0 Å². The van der Waals surface area contributed by atoms with Gasteiger partial charge in [-0.2, -0.15) is 0 Å². The number of hydrogen-bond donors (Lipinski definition) is 0. The molecule has 0 aromatic carbocycles. The second kappa shape index (κ2) is 5.03. The molecule has 0 saturated carbocycles.